The molecule has 172 valence electrons. The first-order valence-corrected chi connectivity index (χ1v) is 11.5. The number of nitrogens with two attached hydrogens (primary N) is 1. The van der Waals surface area contributed by atoms with Crippen molar-refractivity contribution in [3.63, 3.8) is 0 Å². The summed E-state index contributed by atoms with van der Waals surface area (Å²) in [4.78, 5) is 15.4. The Morgan fingerprint density at radius 3 is 2.91 bits per heavy atom. The summed E-state index contributed by atoms with van der Waals surface area (Å²) >= 11 is 0. The summed E-state index contributed by atoms with van der Waals surface area (Å²) in [5.74, 6) is 1.37. The van der Waals surface area contributed by atoms with E-state index in [1.807, 2.05) is 59.4 Å². The number of para-hydroxylation sites is 1. The number of hydrogen-bond acceptors (Lipinski definition) is 6. The number of aromatic nitrogens is 3. The molecule has 1 unspecified atom stereocenters. The first-order chi connectivity index (χ1) is 16.1. The Bertz CT molecular complexity index is 1130. The Balaban J connectivity index is 1.19. The second kappa shape index (κ2) is 9.23. The van der Waals surface area contributed by atoms with Crippen LogP contribution in [0.4, 0.5) is 5.69 Å². The van der Waals surface area contributed by atoms with Gasteiger partial charge in [-0.2, -0.15) is 0 Å². The van der Waals surface area contributed by atoms with Crippen LogP contribution in [0.5, 0.6) is 5.75 Å². The number of methoxy groups -OCH3 is 1. The number of anilines is 1. The zero-order valence-corrected chi connectivity index (χ0v) is 18.9. The van der Waals surface area contributed by atoms with Crippen LogP contribution >= 0.6 is 0 Å². The smallest absolute Gasteiger partial charge is 0.224 e. The number of hydrogen-bond donors (Lipinski definition) is 2. The van der Waals surface area contributed by atoms with Crippen molar-refractivity contribution in [2.45, 2.75) is 32.0 Å². The molecule has 0 radical (unpaired) electrons. The maximum Gasteiger partial charge on any atom is 0.224 e. The van der Waals surface area contributed by atoms with Gasteiger partial charge in [0.05, 0.1) is 25.8 Å². The minimum atomic E-state index is 0.0308. The molecule has 8 heteroatoms. The van der Waals surface area contributed by atoms with E-state index in [1.165, 1.54) is 0 Å². The summed E-state index contributed by atoms with van der Waals surface area (Å²) in [5.41, 5.74) is 9.41. The number of carbonyl (C=O) groups excluding carboxylic acids is 1. The molecule has 3 fully saturated rings. The van der Waals surface area contributed by atoms with Crippen LogP contribution in [-0.2, 0) is 17.9 Å². The fourth-order valence-corrected chi connectivity index (χ4v) is 5.22. The van der Waals surface area contributed by atoms with Crippen LogP contribution in [0.1, 0.15) is 18.4 Å². The maximum absolute atomic E-state index is 13.0. The fraction of sp³-hybridized carbons (Fsp3) is 0.400. The average molecular weight is 447 g/mol. The molecule has 8 nitrogen and oxygen atoms in total. The van der Waals surface area contributed by atoms with E-state index >= 15 is 0 Å². The molecule has 3 aliphatic rings. The Morgan fingerprint density at radius 2 is 2.12 bits per heavy atom. The molecular weight excluding hydrogens is 416 g/mol. The van der Waals surface area contributed by atoms with Crippen molar-refractivity contribution in [2.24, 2.45) is 11.8 Å². The SMILES string of the molecule is COc1ccccc1CNC(=O)[C@H]1CN2CC[C@H]1C[C@@H]2Cn1cc(-c2cccc(N)c2)nn1. The van der Waals surface area contributed by atoms with E-state index in [0.717, 1.165) is 55.0 Å². The number of nitrogens with zero attached hydrogens (tertiary/aromatic N) is 4. The normalized spacial score (nSPS) is 23.9. The number of carbonyl (C=O) groups is 1. The standard InChI is InChI=1S/C25H30N6O2/c1-33-24-8-3-2-5-19(24)13-27-25(32)22-15-30-10-9-17(22)12-21(30)14-31-16-23(28-29-31)18-6-4-7-20(26)11-18/h2-8,11,16-17,21-22H,9-10,12-15,26H2,1H3,(H,27,32)/t17-,21+,22-/m0/s1. The molecule has 3 saturated heterocycles. The molecular formula is C25H30N6O2. The van der Waals surface area contributed by atoms with Crippen LogP contribution in [0.15, 0.2) is 54.7 Å². The fourth-order valence-electron chi connectivity index (χ4n) is 5.22. The second-order valence-corrected chi connectivity index (χ2v) is 9.02. The first kappa shape index (κ1) is 21.5. The number of rotatable bonds is 7. The van der Waals surface area contributed by atoms with Gasteiger partial charge in [0, 0.05) is 35.9 Å². The van der Waals surface area contributed by atoms with E-state index in [1.54, 1.807) is 7.11 Å². The largest absolute Gasteiger partial charge is 0.496 e. The summed E-state index contributed by atoms with van der Waals surface area (Å²) in [6, 6.07) is 15.9. The van der Waals surface area contributed by atoms with Crippen molar-refractivity contribution in [2.75, 3.05) is 25.9 Å². The monoisotopic (exact) mass is 446 g/mol. The molecule has 2 bridgehead atoms. The predicted octanol–water partition coefficient (Wildman–Crippen LogP) is 2.56. The molecule has 0 aliphatic carbocycles. The number of nitrogen functional groups attached to an aromatic ring is 1. The summed E-state index contributed by atoms with van der Waals surface area (Å²) in [6.07, 6.45) is 4.05. The lowest BCUT2D eigenvalue weighted by atomic mass is 9.75. The lowest BCUT2D eigenvalue weighted by Crippen LogP contribution is -2.58. The first-order valence-electron chi connectivity index (χ1n) is 11.5. The van der Waals surface area contributed by atoms with Crippen LogP contribution in [0, 0.1) is 11.8 Å². The average Bonchev–Trinajstić information content (AvgIpc) is 3.31. The second-order valence-electron chi connectivity index (χ2n) is 9.02. The van der Waals surface area contributed by atoms with E-state index in [4.69, 9.17) is 10.5 Å². The zero-order chi connectivity index (χ0) is 22.8. The van der Waals surface area contributed by atoms with E-state index in [0.29, 0.717) is 24.2 Å². The molecule has 3 aliphatic heterocycles. The quantitative estimate of drug-likeness (QED) is 0.542. The van der Waals surface area contributed by atoms with Gasteiger partial charge in [0.15, 0.2) is 0 Å². The third-order valence-corrected chi connectivity index (χ3v) is 6.98. The van der Waals surface area contributed by atoms with Crippen molar-refractivity contribution >= 4 is 11.6 Å². The van der Waals surface area contributed by atoms with Gasteiger partial charge in [-0.05, 0) is 43.5 Å². The van der Waals surface area contributed by atoms with Gasteiger partial charge < -0.3 is 15.8 Å². The van der Waals surface area contributed by atoms with E-state index in [9.17, 15) is 4.79 Å². The molecule has 6 rings (SSSR count). The van der Waals surface area contributed by atoms with E-state index in [-0.39, 0.29) is 11.8 Å². The van der Waals surface area contributed by atoms with Crippen LogP contribution in [0.2, 0.25) is 0 Å². The van der Waals surface area contributed by atoms with Crippen molar-refractivity contribution in [3.05, 3.63) is 60.3 Å². The van der Waals surface area contributed by atoms with Gasteiger partial charge in [0.1, 0.15) is 11.4 Å². The van der Waals surface area contributed by atoms with Crippen LogP contribution in [0.25, 0.3) is 11.3 Å². The van der Waals surface area contributed by atoms with Crippen LogP contribution in [0.3, 0.4) is 0 Å². The summed E-state index contributed by atoms with van der Waals surface area (Å²) in [6.45, 7) is 3.09. The van der Waals surface area contributed by atoms with Gasteiger partial charge in [-0.3, -0.25) is 14.4 Å². The molecule has 4 heterocycles. The Kier molecular flexibility index (Phi) is 6.00. The van der Waals surface area contributed by atoms with Crippen molar-refractivity contribution in [1.29, 1.82) is 0 Å². The van der Waals surface area contributed by atoms with Gasteiger partial charge in [0.2, 0.25) is 5.91 Å². The molecule has 4 atom stereocenters. The molecule has 33 heavy (non-hydrogen) atoms. The van der Waals surface area contributed by atoms with E-state index < -0.39 is 0 Å². The summed E-state index contributed by atoms with van der Waals surface area (Å²) in [7, 11) is 1.65. The highest BCUT2D eigenvalue weighted by molar-refractivity contribution is 5.79. The van der Waals surface area contributed by atoms with Gasteiger partial charge >= 0.3 is 0 Å². The molecule has 3 aromatic rings. The Morgan fingerprint density at radius 1 is 1.24 bits per heavy atom. The Hall–Kier alpha value is -3.39. The molecule has 2 aromatic carbocycles. The molecule has 0 spiro atoms. The number of fused-ring (bicyclic) bond motifs is 3. The highest BCUT2D eigenvalue weighted by Gasteiger charge is 2.43. The number of ether oxygens (including phenoxy) is 1. The third kappa shape index (κ3) is 4.57. The summed E-state index contributed by atoms with van der Waals surface area (Å²) in [5, 5.41) is 11.8. The third-order valence-electron chi connectivity index (χ3n) is 6.98. The number of benzene rings is 2. The molecule has 3 N–H and O–H groups in total. The van der Waals surface area contributed by atoms with Crippen LogP contribution in [-0.4, -0.2) is 52.0 Å². The predicted molar refractivity (Wildman–Crippen MR) is 126 cm³/mol. The number of piperidine rings is 3. The van der Waals surface area contributed by atoms with Gasteiger partial charge in [0.25, 0.3) is 0 Å². The minimum absolute atomic E-state index is 0.0308. The van der Waals surface area contributed by atoms with Crippen molar-refractivity contribution in [1.82, 2.24) is 25.2 Å². The highest BCUT2D eigenvalue weighted by Crippen LogP contribution is 2.37. The topological polar surface area (TPSA) is 98.3 Å². The van der Waals surface area contributed by atoms with Crippen LogP contribution < -0.4 is 15.8 Å². The van der Waals surface area contributed by atoms with Gasteiger partial charge in [-0.1, -0.05) is 35.5 Å². The van der Waals surface area contributed by atoms with Crippen molar-refractivity contribution in [3.8, 4) is 17.0 Å². The maximum atomic E-state index is 13.0. The summed E-state index contributed by atoms with van der Waals surface area (Å²) < 4.78 is 7.32. The van der Waals surface area contributed by atoms with Gasteiger partial charge in [-0.25, -0.2) is 0 Å². The molecule has 1 aromatic heterocycles. The Labute approximate surface area is 193 Å². The zero-order valence-electron chi connectivity index (χ0n) is 18.9. The molecule has 1 amide bonds. The molecule has 0 saturated carbocycles. The number of amides is 1. The minimum Gasteiger partial charge on any atom is -0.496 e. The lowest BCUT2D eigenvalue weighted by Gasteiger charge is -2.49. The number of nitrogens with one attached hydrogen (secondary N) is 1. The van der Waals surface area contributed by atoms with Crippen molar-refractivity contribution < 1.29 is 9.53 Å². The lowest BCUT2D eigenvalue weighted by molar-refractivity contribution is -0.133. The highest BCUT2D eigenvalue weighted by atomic mass is 16.5. The van der Waals surface area contributed by atoms with E-state index in [2.05, 4.69) is 20.5 Å². The van der Waals surface area contributed by atoms with Gasteiger partial charge in [-0.15, -0.1) is 5.10 Å².